The van der Waals surface area contributed by atoms with Gasteiger partial charge in [0.25, 0.3) is 0 Å². The zero-order valence-corrected chi connectivity index (χ0v) is 11.7. The van der Waals surface area contributed by atoms with Crippen LogP contribution in [0.5, 0.6) is 0 Å². The van der Waals surface area contributed by atoms with E-state index in [1.807, 2.05) is 7.05 Å². The third kappa shape index (κ3) is 3.31. The molecule has 1 saturated heterocycles. The maximum Gasteiger partial charge on any atom is 0.0515 e. The highest BCUT2D eigenvalue weighted by molar-refractivity contribution is 5.26. The lowest BCUT2D eigenvalue weighted by molar-refractivity contribution is 0.457. The fourth-order valence-electron chi connectivity index (χ4n) is 2.68. The van der Waals surface area contributed by atoms with Crippen LogP contribution in [0.4, 0.5) is 0 Å². The number of benzene rings is 1. The highest BCUT2D eigenvalue weighted by Gasteiger charge is 2.27. The van der Waals surface area contributed by atoms with Crippen LogP contribution < -0.4 is 16.2 Å². The Morgan fingerprint density at radius 3 is 2.61 bits per heavy atom. The highest BCUT2D eigenvalue weighted by atomic mass is 15.4. The Balaban J connectivity index is 2.04. The molecule has 1 aromatic rings. The topological polar surface area (TPSA) is 36.1 Å². The quantitative estimate of drug-likeness (QED) is 0.743. The van der Waals surface area contributed by atoms with E-state index < -0.39 is 0 Å². The van der Waals surface area contributed by atoms with E-state index in [9.17, 15) is 0 Å². The molecule has 0 saturated carbocycles. The Hall–Kier alpha value is -0.900. The first-order valence-electron chi connectivity index (χ1n) is 6.92. The molecule has 2 atom stereocenters. The van der Waals surface area contributed by atoms with Crippen molar-refractivity contribution in [3.05, 3.63) is 35.4 Å². The number of nitrogens with one attached hydrogen (secondary N) is 3. The second-order valence-electron chi connectivity index (χ2n) is 5.66. The molecule has 1 fully saturated rings. The number of hydrazine groups is 1. The molecule has 0 amide bonds. The maximum absolute atomic E-state index is 3.38. The lowest BCUT2D eigenvalue weighted by Gasteiger charge is -2.19. The van der Waals surface area contributed by atoms with Gasteiger partial charge in [0.05, 0.1) is 6.04 Å². The summed E-state index contributed by atoms with van der Waals surface area (Å²) in [5.41, 5.74) is 9.46. The standard InChI is InChI=1S/C15H25N3/c1-11(2)8-12-4-6-13(7-5-12)15-14(9-16-3)10-17-18-15/h4-7,11,14-18H,8-10H2,1-3H3. The van der Waals surface area contributed by atoms with Crippen molar-refractivity contribution in [3.63, 3.8) is 0 Å². The molecule has 3 heteroatoms. The molecule has 1 aliphatic rings. The molecule has 18 heavy (non-hydrogen) atoms. The molecule has 2 unspecified atom stereocenters. The number of hydrogen-bond acceptors (Lipinski definition) is 3. The third-order valence-electron chi connectivity index (χ3n) is 3.54. The fraction of sp³-hybridized carbons (Fsp3) is 0.600. The van der Waals surface area contributed by atoms with Gasteiger partial charge in [-0.2, -0.15) is 0 Å². The summed E-state index contributed by atoms with van der Waals surface area (Å²) < 4.78 is 0. The zero-order chi connectivity index (χ0) is 13.0. The van der Waals surface area contributed by atoms with Gasteiger partial charge in [-0.3, -0.25) is 5.43 Å². The van der Waals surface area contributed by atoms with Gasteiger partial charge in [-0.15, -0.1) is 0 Å². The van der Waals surface area contributed by atoms with Crippen molar-refractivity contribution in [1.29, 1.82) is 0 Å². The molecular weight excluding hydrogens is 222 g/mol. The Labute approximate surface area is 110 Å². The van der Waals surface area contributed by atoms with Gasteiger partial charge in [0.1, 0.15) is 0 Å². The number of hydrogen-bond donors (Lipinski definition) is 3. The van der Waals surface area contributed by atoms with Crippen molar-refractivity contribution >= 4 is 0 Å². The van der Waals surface area contributed by atoms with Gasteiger partial charge in [-0.05, 0) is 30.5 Å². The molecule has 1 aliphatic heterocycles. The Kier molecular flexibility index (Phi) is 4.75. The first kappa shape index (κ1) is 13.5. The zero-order valence-electron chi connectivity index (χ0n) is 11.7. The van der Waals surface area contributed by atoms with Crippen LogP contribution in [0, 0.1) is 11.8 Å². The van der Waals surface area contributed by atoms with Crippen molar-refractivity contribution in [2.45, 2.75) is 26.3 Å². The van der Waals surface area contributed by atoms with Crippen LogP contribution in [-0.2, 0) is 6.42 Å². The minimum atomic E-state index is 0.422. The van der Waals surface area contributed by atoms with Crippen molar-refractivity contribution in [2.75, 3.05) is 20.1 Å². The average Bonchev–Trinajstić information content (AvgIpc) is 2.78. The van der Waals surface area contributed by atoms with E-state index in [-0.39, 0.29) is 0 Å². The molecule has 3 N–H and O–H groups in total. The van der Waals surface area contributed by atoms with E-state index >= 15 is 0 Å². The Bertz CT molecular complexity index is 359. The van der Waals surface area contributed by atoms with Crippen LogP contribution in [0.15, 0.2) is 24.3 Å². The van der Waals surface area contributed by atoms with Crippen LogP contribution in [-0.4, -0.2) is 20.1 Å². The van der Waals surface area contributed by atoms with Gasteiger partial charge in [-0.1, -0.05) is 38.1 Å². The van der Waals surface area contributed by atoms with Gasteiger partial charge in [0.2, 0.25) is 0 Å². The third-order valence-corrected chi connectivity index (χ3v) is 3.54. The fourth-order valence-corrected chi connectivity index (χ4v) is 2.68. The largest absolute Gasteiger partial charge is 0.319 e. The van der Waals surface area contributed by atoms with E-state index in [1.54, 1.807) is 0 Å². The lowest BCUT2D eigenvalue weighted by Crippen LogP contribution is -2.27. The Morgan fingerprint density at radius 2 is 2.00 bits per heavy atom. The maximum atomic E-state index is 3.38. The molecule has 3 nitrogen and oxygen atoms in total. The highest BCUT2D eigenvalue weighted by Crippen LogP contribution is 2.25. The predicted octanol–water partition coefficient (Wildman–Crippen LogP) is 1.87. The summed E-state index contributed by atoms with van der Waals surface area (Å²) in [6, 6.07) is 9.50. The molecule has 100 valence electrons. The van der Waals surface area contributed by atoms with E-state index in [4.69, 9.17) is 0 Å². The predicted molar refractivity (Wildman–Crippen MR) is 76.3 cm³/mol. The summed E-state index contributed by atoms with van der Waals surface area (Å²) in [7, 11) is 2.01. The monoisotopic (exact) mass is 247 g/mol. The second-order valence-corrected chi connectivity index (χ2v) is 5.66. The van der Waals surface area contributed by atoms with Gasteiger partial charge in [-0.25, -0.2) is 5.43 Å². The SMILES string of the molecule is CNCC1CNNC1c1ccc(CC(C)C)cc1. The minimum Gasteiger partial charge on any atom is -0.319 e. The van der Waals surface area contributed by atoms with E-state index in [2.05, 4.69) is 54.3 Å². The van der Waals surface area contributed by atoms with Crippen LogP contribution in [0.1, 0.15) is 31.0 Å². The molecule has 2 rings (SSSR count). The summed E-state index contributed by atoms with van der Waals surface area (Å²) in [6.07, 6.45) is 1.16. The Morgan fingerprint density at radius 1 is 1.28 bits per heavy atom. The summed E-state index contributed by atoms with van der Waals surface area (Å²) in [5.74, 6) is 1.34. The smallest absolute Gasteiger partial charge is 0.0515 e. The molecular formula is C15H25N3. The van der Waals surface area contributed by atoms with Gasteiger partial charge in [0.15, 0.2) is 0 Å². The normalized spacial score (nSPS) is 23.8. The molecule has 1 aromatic carbocycles. The van der Waals surface area contributed by atoms with Crippen LogP contribution in [0.25, 0.3) is 0 Å². The first-order chi connectivity index (χ1) is 8.70. The van der Waals surface area contributed by atoms with Crippen molar-refractivity contribution < 1.29 is 0 Å². The van der Waals surface area contributed by atoms with Crippen LogP contribution >= 0.6 is 0 Å². The molecule has 1 heterocycles. The van der Waals surface area contributed by atoms with Gasteiger partial charge >= 0.3 is 0 Å². The van der Waals surface area contributed by atoms with E-state index in [0.29, 0.717) is 12.0 Å². The van der Waals surface area contributed by atoms with Crippen LogP contribution in [0.3, 0.4) is 0 Å². The molecule has 0 aliphatic carbocycles. The summed E-state index contributed by atoms with van der Waals surface area (Å²) in [6.45, 7) is 6.59. The van der Waals surface area contributed by atoms with Crippen molar-refractivity contribution in [2.24, 2.45) is 11.8 Å². The summed E-state index contributed by atoms with van der Waals surface area (Å²) in [4.78, 5) is 0. The van der Waals surface area contributed by atoms with Gasteiger partial charge < -0.3 is 5.32 Å². The second kappa shape index (κ2) is 6.32. The average molecular weight is 247 g/mol. The van der Waals surface area contributed by atoms with Gasteiger partial charge in [0, 0.05) is 19.0 Å². The molecule has 0 bridgehead atoms. The minimum absolute atomic E-state index is 0.422. The van der Waals surface area contributed by atoms with Crippen LogP contribution in [0.2, 0.25) is 0 Å². The van der Waals surface area contributed by atoms with E-state index in [0.717, 1.165) is 25.4 Å². The summed E-state index contributed by atoms with van der Waals surface area (Å²) in [5, 5.41) is 3.27. The number of rotatable bonds is 5. The lowest BCUT2D eigenvalue weighted by atomic mass is 9.93. The van der Waals surface area contributed by atoms with Crippen molar-refractivity contribution in [1.82, 2.24) is 16.2 Å². The molecule has 0 spiro atoms. The summed E-state index contributed by atoms with van der Waals surface area (Å²) >= 11 is 0. The van der Waals surface area contributed by atoms with E-state index in [1.165, 1.54) is 11.1 Å². The molecule has 0 aromatic heterocycles. The first-order valence-corrected chi connectivity index (χ1v) is 6.92. The molecule has 0 radical (unpaired) electrons. The van der Waals surface area contributed by atoms with Crippen molar-refractivity contribution in [3.8, 4) is 0 Å².